The zero-order valence-electron chi connectivity index (χ0n) is 20.6. The average molecular weight is 488 g/mol. The highest BCUT2D eigenvalue weighted by atomic mass is 19.1. The van der Waals surface area contributed by atoms with Crippen LogP contribution in [-0.4, -0.2) is 53.7 Å². The van der Waals surface area contributed by atoms with Crippen LogP contribution in [-0.2, 0) is 22.6 Å². The topological polar surface area (TPSA) is 60.9 Å². The molecule has 4 rings (SSSR count). The highest BCUT2D eigenvalue weighted by molar-refractivity contribution is 6.07. The van der Waals surface area contributed by atoms with Gasteiger partial charge in [0.05, 0.1) is 13.0 Å². The zero-order chi connectivity index (χ0) is 25.7. The van der Waals surface area contributed by atoms with Gasteiger partial charge >= 0.3 is 0 Å². The molecule has 1 aliphatic rings. The number of amides is 3. The number of anilines is 1. The van der Waals surface area contributed by atoms with E-state index in [2.05, 4.69) is 0 Å². The van der Waals surface area contributed by atoms with E-state index in [1.54, 1.807) is 39.8 Å². The van der Waals surface area contributed by atoms with E-state index in [-0.39, 0.29) is 36.5 Å². The molecule has 0 aliphatic carbocycles. The van der Waals surface area contributed by atoms with Gasteiger partial charge in [-0.25, -0.2) is 4.39 Å². The first-order valence-corrected chi connectivity index (χ1v) is 12.1. The summed E-state index contributed by atoms with van der Waals surface area (Å²) in [5, 5.41) is 0. The number of aryl methyl sites for hydroxylation is 1. The van der Waals surface area contributed by atoms with Gasteiger partial charge in [0, 0.05) is 44.4 Å². The molecular weight excluding hydrogens is 457 g/mol. The fourth-order valence-corrected chi connectivity index (χ4v) is 4.40. The van der Waals surface area contributed by atoms with E-state index in [4.69, 9.17) is 0 Å². The van der Waals surface area contributed by atoms with Gasteiger partial charge in [0.1, 0.15) is 5.82 Å². The minimum Gasteiger partial charge on any atom is -0.339 e. The molecule has 3 aromatic rings. The molecule has 0 bridgehead atoms. The molecule has 0 radical (unpaired) electrons. The summed E-state index contributed by atoms with van der Waals surface area (Å²) in [6, 6.07) is 20.9. The molecule has 3 aromatic carbocycles. The molecular formula is C29H30FN3O3. The third-order valence-electron chi connectivity index (χ3n) is 6.53. The second-order valence-corrected chi connectivity index (χ2v) is 9.07. The Morgan fingerprint density at radius 2 is 1.50 bits per heavy atom. The smallest absolute Gasteiger partial charge is 0.258 e. The first-order valence-electron chi connectivity index (χ1n) is 12.1. The summed E-state index contributed by atoms with van der Waals surface area (Å²) in [4.78, 5) is 43.4. The minimum atomic E-state index is -0.333. The first kappa shape index (κ1) is 25.1. The SMILES string of the molecule is CC(=O)N1CCN(C(=O)Cc2cccc(N(Cc3ccc(F)cc3)C(=O)c3ccccc3C)c2)CC1. The highest BCUT2D eigenvalue weighted by Gasteiger charge is 2.24. The van der Waals surface area contributed by atoms with Crippen LogP contribution in [0.2, 0.25) is 0 Å². The van der Waals surface area contributed by atoms with Crippen molar-refractivity contribution in [3.05, 3.63) is 101 Å². The van der Waals surface area contributed by atoms with Crippen LogP contribution in [0.1, 0.15) is 34.0 Å². The molecule has 3 amide bonds. The standard InChI is InChI=1S/C29H30FN3O3/c1-21-6-3-4-9-27(21)29(36)33(20-23-10-12-25(30)13-11-23)26-8-5-7-24(18-26)19-28(35)32-16-14-31(15-17-32)22(2)34/h3-13,18H,14-17,19-20H2,1-2H3. The number of benzene rings is 3. The molecule has 0 saturated carbocycles. The molecule has 0 spiro atoms. The number of hydrogen-bond donors (Lipinski definition) is 0. The lowest BCUT2D eigenvalue weighted by atomic mass is 10.0. The highest BCUT2D eigenvalue weighted by Crippen LogP contribution is 2.24. The van der Waals surface area contributed by atoms with Crippen molar-refractivity contribution in [2.45, 2.75) is 26.8 Å². The lowest BCUT2D eigenvalue weighted by molar-refractivity contribution is -0.138. The van der Waals surface area contributed by atoms with Crippen molar-refractivity contribution in [1.82, 2.24) is 9.80 Å². The van der Waals surface area contributed by atoms with Crippen LogP contribution in [0.25, 0.3) is 0 Å². The number of carbonyl (C=O) groups is 3. The van der Waals surface area contributed by atoms with E-state index in [1.165, 1.54) is 12.1 Å². The summed E-state index contributed by atoms with van der Waals surface area (Å²) >= 11 is 0. The molecule has 0 aromatic heterocycles. The van der Waals surface area contributed by atoms with E-state index in [1.807, 2.05) is 49.4 Å². The summed E-state index contributed by atoms with van der Waals surface area (Å²) < 4.78 is 13.5. The largest absolute Gasteiger partial charge is 0.339 e. The maximum absolute atomic E-state index is 13.6. The van der Waals surface area contributed by atoms with Gasteiger partial charge < -0.3 is 14.7 Å². The summed E-state index contributed by atoms with van der Waals surface area (Å²) in [7, 11) is 0. The van der Waals surface area contributed by atoms with Crippen molar-refractivity contribution in [2.75, 3.05) is 31.1 Å². The quantitative estimate of drug-likeness (QED) is 0.523. The van der Waals surface area contributed by atoms with Crippen LogP contribution in [0.15, 0.2) is 72.8 Å². The fraction of sp³-hybridized carbons (Fsp3) is 0.276. The Bertz CT molecular complexity index is 1250. The van der Waals surface area contributed by atoms with Gasteiger partial charge in [0.2, 0.25) is 11.8 Å². The molecule has 7 heteroatoms. The number of nitrogens with zero attached hydrogens (tertiary/aromatic N) is 3. The summed E-state index contributed by atoms with van der Waals surface area (Å²) in [6.45, 7) is 5.80. The maximum Gasteiger partial charge on any atom is 0.258 e. The summed E-state index contributed by atoms with van der Waals surface area (Å²) in [6.07, 6.45) is 0.205. The predicted molar refractivity (Wildman–Crippen MR) is 137 cm³/mol. The molecule has 1 aliphatic heterocycles. The minimum absolute atomic E-state index is 0.00864. The fourth-order valence-electron chi connectivity index (χ4n) is 4.40. The van der Waals surface area contributed by atoms with Crippen LogP contribution < -0.4 is 4.90 Å². The number of hydrogen-bond acceptors (Lipinski definition) is 3. The molecule has 0 atom stereocenters. The molecule has 186 valence electrons. The molecule has 36 heavy (non-hydrogen) atoms. The second kappa shape index (κ2) is 11.2. The van der Waals surface area contributed by atoms with Gasteiger partial charge in [-0.05, 0) is 53.9 Å². The van der Waals surface area contributed by atoms with E-state index < -0.39 is 0 Å². The van der Waals surface area contributed by atoms with Crippen molar-refractivity contribution in [2.24, 2.45) is 0 Å². The lowest BCUT2D eigenvalue weighted by Crippen LogP contribution is -2.50. The van der Waals surface area contributed by atoms with Gasteiger partial charge in [-0.15, -0.1) is 0 Å². The first-order chi connectivity index (χ1) is 17.3. The van der Waals surface area contributed by atoms with Crippen molar-refractivity contribution >= 4 is 23.4 Å². The van der Waals surface area contributed by atoms with Crippen LogP contribution in [0.4, 0.5) is 10.1 Å². The monoisotopic (exact) mass is 487 g/mol. The maximum atomic E-state index is 13.6. The molecule has 1 fully saturated rings. The van der Waals surface area contributed by atoms with Gasteiger partial charge in [-0.3, -0.25) is 14.4 Å². The molecule has 6 nitrogen and oxygen atoms in total. The third-order valence-corrected chi connectivity index (χ3v) is 6.53. The Labute approximate surface area is 210 Å². The van der Waals surface area contributed by atoms with Gasteiger partial charge in [0.15, 0.2) is 0 Å². The Kier molecular flexibility index (Phi) is 7.78. The Morgan fingerprint density at radius 1 is 0.833 bits per heavy atom. The second-order valence-electron chi connectivity index (χ2n) is 9.07. The Morgan fingerprint density at radius 3 is 2.17 bits per heavy atom. The number of rotatable bonds is 6. The number of piperazine rings is 1. The van der Waals surface area contributed by atoms with Crippen LogP contribution in [0.3, 0.4) is 0 Å². The van der Waals surface area contributed by atoms with E-state index in [0.717, 1.165) is 16.7 Å². The third kappa shape index (κ3) is 5.97. The molecule has 1 saturated heterocycles. The van der Waals surface area contributed by atoms with E-state index >= 15 is 0 Å². The van der Waals surface area contributed by atoms with E-state index in [0.29, 0.717) is 37.4 Å². The van der Waals surface area contributed by atoms with E-state index in [9.17, 15) is 18.8 Å². The lowest BCUT2D eigenvalue weighted by Gasteiger charge is -2.34. The predicted octanol–water partition coefficient (Wildman–Crippen LogP) is 4.21. The zero-order valence-corrected chi connectivity index (χ0v) is 20.6. The van der Waals surface area contributed by atoms with Crippen LogP contribution >= 0.6 is 0 Å². The number of carbonyl (C=O) groups excluding carboxylic acids is 3. The van der Waals surface area contributed by atoms with Crippen molar-refractivity contribution < 1.29 is 18.8 Å². The van der Waals surface area contributed by atoms with Gasteiger partial charge in [0.25, 0.3) is 5.91 Å². The molecule has 0 N–H and O–H groups in total. The Balaban J connectivity index is 1.56. The average Bonchev–Trinajstić information content (AvgIpc) is 2.88. The summed E-state index contributed by atoms with van der Waals surface area (Å²) in [5.41, 5.74) is 3.71. The van der Waals surface area contributed by atoms with Crippen molar-refractivity contribution in [1.29, 1.82) is 0 Å². The van der Waals surface area contributed by atoms with Gasteiger partial charge in [-0.1, -0.05) is 42.5 Å². The van der Waals surface area contributed by atoms with Crippen molar-refractivity contribution in [3.63, 3.8) is 0 Å². The van der Waals surface area contributed by atoms with Gasteiger partial charge in [-0.2, -0.15) is 0 Å². The normalized spacial score (nSPS) is 13.4. The molecule has 0 unspecified atom stereocenters. The van der Waals surface area contributed by atoms with Crippen LogP contribution in [0.5, 0.6) is 0 Å². The van der Waals surface area contributed by atoms with Crippen molar-refractivity contribution in [3.8, 4) is 0 Å². The number of halogens is 1. The van der Waals surface area contributed by atoms with Crippen LogP contribution in [0, 0.1) is 12.7 Å². The molecule has 1 heterocycles. The Hall–Kier alpha value is -4.00. The summed E-state index contributed by atoms with van der Waals surface area (Å²) in [5.74, 6) is -0.485.